The molecule has 0 heterocycles. The van der Waals surface area contributed by atoms with E-state index >= 15 is 0 Å². The second kappa shape index (κ2) is 4.96. The Hall–Kier alpha value is -1.09. The van der Waals surface area contributed by atoms with Crippen LogP contribution in [0.3, 0.4) is 0 Å². The second-order valence-electron chi connectivity index (χ2n) is 3.64. The Morgan fingerprint density at radius 1 is 1.43 bits per heavy atom. The molecule has 0 fully saturated rings. The van der Waals surface area contributed by atoms with Crippen LogP contribution in [0.1, 0.15) is 19.4 Å². The van der Waals surface area contributed by atoms with Crippen LogP contribution >= 0.6 is 0 Å². The molecular weight excluding hydrogens is 181 g/mol. The molecule has 78 valence electrons. The van der Waals surface area contributed by atoms with Gasteiger partial charge in [0.15, 0.2) is 11.6 Å². The van der Waals surface area contributed by atoms with Crippen molar-refractivity contribution >= 4 is 0 Å². The average Bonchev–Trinajstić information content (AvgIpc) is 2.16. The fourth-order valence-electron chi connectivity index (χ4n) is 1.08. The maximum absolute atomic E-state index is 13.5. The molecule has 1 aromatic rings. The van der Waals surface area contributed by atoms with Crippen LogP contribution in [0.2, 0.25) is 0 Å². The molecule has 14 heavy (non-hydrogen) atoms. The Kier molecular flexibility index (Phi) is 3.89. The molecule has 0 saturated heterocycles. The van der Waals surface area contributed by atoms with Crippen LogP contribution in [0.5, 0.6) is 5.75 Å². The van der Waals surface area contributed by atoms with Crippen LogP contribution in [0.15, 0.2) is 18.2 Å². The Morgan fingerprint density at radius 2 is 2.14 bits per heavy atom. The van der Waals surface area contributed by atoms with Gasteiger partial charge in [-0.1, -0.05) is 26.0 Å². The van der Waals surface area contributed by atoms with Crippen LogP contribution in [0.25, 0.3) is 0 Å². The number of nitrogens with two attached hydrogens (primary N) is 1. The SMILES string of the molecule is CC(C)COc1cccc(CN)c1F. The van der Waals surface area contributed by atoms with Gasteiger partial charge in [-0.05, 0) is 12.0 Å². The van der Waals surface area contributed by atoms with Crippen LogP contribution in [-0.2, 0) is 6.54 Å². The number of halogens is 1. The third kappa shape index (κ3) is 2.70. The van der Waals surface area contributed by atoms with Gasteiger partial charge in [-0.3, -0.25) is 0 Å². The summed E-state index contributed by atoms with van der Waals surface area (Å²) in [6.07, 6.45) is 0. The first kappa shape index (κ1) is 11.0. The monoisotopic (exact) mass is 197 g/mol. The molecule has 0 amide bonds. The Balaban J connectivity index is 2.76. The molecule has 2 N–H and O–H groups in total. The van der Waals surface area contributed by atoms with Crippen molar-refractivity contribution in [3.8, 4) is 5.75 Å². The van der Waals surface area contributed by atoms with Crippen LogP contribution in [0.4, 0.5) is 4.39 Å². The Bertz CT molecular complexity index is 299. The molecule has 0 saturated carbocycles. The predicted molar refractivity (Wildman–Crippen MR) is 54.6 cm³/mol. The van der Waals surface area contributed by atoms with Crippen molar-refractivity contribution in [2.75, 3.05) is 6.61 Å². The molecule has 0 radical (unpaired) electrons. The van der Waals surface area contributed by atoms with Crippen molar-refractivity contribution in [1.29, 1.82) is 0 Å². The van der Waals surface area contributed by atoms with Gasteiger partial charge < -0.3 is 10.5 Å². The van der Waals surface area contributed by atoms with Gasteiger partial charge in [0, 0.05) is 12.1 Å². The van der Waals surface area contributed by atoms with E-state index in [1.165, 1.54) is 0 Å². The molecule has 0 bridgehead atoms. The van der Waals surface area contributed by atoms with Gasteiger partial charge in [0.05, 0.1) is 6.61 Å². The lowest BCUT2D eigenvalue weighted by atomic mass is 10.2. The van der Waals surface area contributed by atoms with E-state index in [0.29, 0.717) is 23.8 Å². The minimum Gasteiger partial charge on any atom is -0.490 e. The first-order valence-electron chi connectivity index (χ1n) is 4.75. The summed E-state index contributed by atoms with van der Waals surface area (Å²) in [7, 11) is 0. The molecule has 0 unspecified atom stereocenters. The summed E-state index contributed by atoms with van der Waals surface area (Å²) in [6, 6.07) is 5.04. The molecule has 0 atom stereocenters. The summed E-state index contributed by atoms with van der Waals surface area (Å²) in [5.74, 6) is 0.341. The zero-order valence-corrected chi connectivity index (χ0v) is 8.59. The third-order valence-electron chi connectivity index (χ3n) is 1.84. The lowest BCUT2D eigenvalue weighted by Crippen LogP contribution is -2.07. The summed E-state index contributed by atoms with van der Waals surface area (Å²) in [5.41, 5.74) is 5.87. The number of ether oxygens (including phenoxy) is 1. The normalized spacial score (nSPS) is 10.6. The maximum atomic E-state index is 13.5. The van der Waals surface area contributed by atoms with E-state index in [1.54, 1.807) is 18.2 Å². The quantitative estimate of drug-likeness (QED) is 0.804. The van der Waals surface area contributed by atoms with Crippen molar-refractivity contribution < 1.29 is 9.13 Å². The highest BCUT2D eigenvalue weighted by Gasteiger charge is 2.07. The van der Waals surface area contributed by atoms with Gasteiger partial charge in [0.2, 0.25) is 0 Å². The second-order valence-corrected chi connectivity index (χ2v) is 3.64. The first-order chi connectivity index (χ1) is 6.65. The van der Waals surface area contributed by atoms with Crippen molar-refractivity contribution in [2.45, 2.75) is 20.4 Å². The van der Waals surface area contributed by atoms with Crippen LogP contribution in [0, 0.1) is 11.7 Å². The zero-order valence-electron chi connectivity index (χ0n) is 8.59. The summed E-state index contributed by atoms with van der Waals surface area (Å²) in [5, 5.41) is 0. The minimum atomic E-state index is -0.337. The lowest BCUT2D eigenvalue weighted by molar-refractivity contribution is 0.258. The van der Waals surface area contributed by atoms with E-state index < -0.39 is 0 Å². The van der Waals surface area contributed by atoms with E-state index in [0.717, 1.165) is 0 Å². The zero-order chi connectivity index (χ0) is 10.6. The summed E-state index contributed by atoms with van der Waals surface area (Å²) < 4.78 is 18.8. The van der Waals surface area contributed by atoms with E-state index in [2.05, 4.69) is 0 Å². The minimum absolute atomic E-state index is 0.199. The highest BCUT2D eigenvalue weighted by molar-refractivity contribution is 5.30. The van der Waals surface area contributed by atoms with E-state index in [1.807, 2.05) is 13.8 Å². The number of rotatable bonds is 4. The third-order valence-corrected chi connectivity index (χ3v) is 1.84. The van der Waals surface area contributed by atoms with E-state index in [-0.39, 0.29) is 12.4 Å². The summed E-state index contributed by atoms with van der Waals surface area (Å²) in [4.78, 5) is 0. The van der Waals surface area contributed by atoms with Crippen molar-refractivity contribution in [3.63, 3.8) is 0 Å². The fraction of sp³-hybridized carbons (Fsp3) is 0.455. The molecule has 1 aromatic carbocycles. The fourth-order valence-corrected chi connectivity index (χ4v) is 1.08. The van der Waals surface area contributed by atoms with E-state index in [4.69, 9.17) is 10.5 Å². The molecule has 2 nitrogen and oxygen atoms in total. The molecule has 3 heteroatoms. The number of benzene rings is 1. The molecule has 0 aliphatic carbocycles. The molecule has 0 spiro atoms. The molecular formula is C11H16FNO. The van der Waals surface area contributed by atoms with Crippen molar-refractivity contribution in [3.05, 3.63) is 29.6 Å². The molecule has 0 aromatic heterocycles. The smallest absolute Gasteiger partial charge is 0.169 e. The average molecular weight is 197 g/mol. The van der Waals surface area contributed by atoms with Gasteiger partial charge in [-0.2, -0.15) is 0 Å². The summed E-state index contributed by atoms with van der Waals surface area (Å²) >= 11 is 0. The largest absolute Gasteiger partial charge is 0.490 e. The maximum Gasteiger partial charge on any atom is 0.169 e. The molecule has 0 aliphatic heterocycles. The predicted octanol–water partition coefficient (Wildman–Crippen LogP) is 2.32. The number of hydrogen-bond acceptors (Lipinski definition) is 2. The lowest BCUT2D eigenvalue weighted by Gasteiger charge is -2.10. The molecule has 0 aliphatic rings. The summed E-state index contributed by atoms with van der Waals surface area (Å²) in [6.45, 7) is 4.75. The van der Waals surface area contributed by atoms with Gasteiger partial charge in [0.25, 0.3) is 0 Å². The highest BCUT2D eigenvalue weighted by Crippen LogP contribution is 2.20. The number of hydrogen-bond donors (Lipinski definition) is 1. The van der Waals surface area contributed by atoms with Gasteiger partial charge in [-0.15, -0.1) is 0 Å². The van der Waals surface area contributed by atoms with Crippen molar-refractivity contribution in [2.24, 2.45) is 11.7 Å². The highest BCUT2D eigenvalue weighted by atomic mass is 19.1. The topological polar surface area (TPSA) is 35.2 Å². The standard InChI is InChI=1S/C11H16FNO/c1-8(2)7-14-10-5-3-4-9(6-13)11(10)12/h3-5,8H,6-7,13H2,1-2H3. The van der Waals surface area contributed by atoms with Crippen LogP contribution in [-0.4, -0.2) is 6.61 Å². The Morgan fingerprint density at radius 3 is 2.71 bits per heavy atom. The van der Waals surface area contributed by atoms with Crippen molar-refractivity contribution in [1.82, 2.24) is 0 Å². The first-order valence-corrected chi connectivity index (χ1v) is 4.75. The molecule has 1 rings (SSSR count). The van der Waals surface area contributed by atoms with Gasteiger partial charge >= 0.3 is 0 Å². The van der Waals surface area contributed by atoms with E-state index in [9.17, 15) is 4.39 Å². The van der Waals surface area contributed by atoms with Gasteiger partial charge in [0.1, 0.15) is 0 Å². The van der Waals surface area contributed by atoms with Gasteiger partial charge in [-0.25, -0.2) is 4.39 Å². The van der Waals surface area contributed by atoms with Crippen LogP contribution < -0.4 is 10.5 Å². The Labute approximate surface area is 83.9 Å².